The molecular weight excluding hydrogens is 290 g/mol. The summed E-state index contributed by atoms with van der Waals surface area (Å²) in [7, 11) is 0. The summed E-state index contributed by atoms with van der Waals surface area (Å²) >= 11 is 0. The summed E-state index contributed by atoms with van der Waals surface area (Å²) in [5, 5.41) is 1.22. The Morgan fingerprint density at radius 2 is 2.04 bits per heavy atom. The minimum absolute atomic E-state index is 0.181. The Balaban J connectivity index is 1.65. The lowest BCUT2D eigenvalue weighted by Gasteiger charge is -2.30. The third-order valence-electron chi connectivity index (χ3n) is 4.62. The predicted molar refractivity (Wildman–Crippen MR) is 90.5 cm³/mol. The van der Waals surface area contributed by atoms with Gasteiger partial charge in [-0.1, -0.05) is 6.08 Å². The number of H-pyrrole nitrogens is 1. The molecule has 1 saturated heterocycles. The largest absolute Gasteiger partial charge is 0.491 e. The molecule has 1 aliphatic heterocycles. The van der Waals surface area contributed by atoms with Crippen molar-refractivity contribution in [2.45, 2.75) is 45.0 Å². The van der Waals surface area contributed by atoms with Crippen LogP contribution in [-0.4, -0.2) is 30.1 Å². The molecule has 23 heavy (non-hydrogen) atoms. The number of rotatable bonds is 3. The lowest BCUT2D eigenvalue weighted by Crippen LogP contribution is -2.31. The summed E-state index contributed by atoms with van der Waals surface area (Å²) in [6.45, 7) is 5.53. The van der Waals surface area contributed by atoms with E-state index >= 15 is 0 Å². The smallest absolute Gasteiger partial charge is 0.172 e. The van der Waals surface area contributed by atoms with Gasteiger partial charge in [0.15, 0.2) is 5.79 Å². The molecule has 0 atom stereocenters. The van der Waals surface area contributed by atoms with Crippen molar-refractivity contribution in [2.75, 3.05) is 13.2 Å². The molecule has 122 valence electrons. The number of aromatic amines is 1. The Morgan fingerprint density at radius 1 is 1.22 bits per heavy atom. The molecule has 1 aromatic heterocycles. The zero-order valence-corrected chi connectivity index (χ0v) is 13.7. The van der Waals surface area contributed by atoms with Gasteiger partial charge in [0.2, 0.25) is 0 Å². The molecule has 1 aromatic carbocycles. The first-order valence-corrected chi connectivity index (χ1v) is 8.40. The highest BCUT2D eigenvalue weighted by atomic mass is 16.7. The molecule has 0 saturated carbocycles. The molecule has 2 aliphatic rings. The second kappa shape index (κ2) is 5.69. The van der Waals surface area contributed by atoms with Crippen LogP contribution in [-0.2, 0) is 9.47 Å². The maximum absolute atomic E-state index is 5.84. The van der Waals surface area contributed by atoms with Crippen LogP contribution in [0.1, 0.15) is 38.7 Å². The molecule has 0 unspecified atom stereocenters. The van der Waals surface area contributed by atoms with Crippen LogP contribution >= 0.6 is 0 Å². The van der Waals surface area contributed by atoms with E-state index < -0.39 is 0 Å². The molecule has 0 bridgehead atoms. The van der Waals surface area contributed by atoms with Gasteiger partial charge in [0, 0.05) is 35.5 Å². The first kappa shape index (κ1) is 14.8. The second-order valence-electron chi connectivity index (χ2n) is 6.62. The second-order valence-corrected chi connectivity index (χ2v) is 6.62. The van der Waals surface area contributed by atoms with Crippen molar-refractivity contribution in [3.8, 4) is 5.75 Å². The van der Waals surface area contributed by atoms with Crippen LogP contribution in [0.5, 0.6) is 5.75 Å². The van der Waals surface area contributed by atoms with E-state index in [0.29, 0.717) is 13.2 Å². The van der Waals surface area contributed by atoms with Gasteiger partial charge in [-0.15, -0.1) is 0 Å². The molecule has 4 heteroatoms. The first-order chi connectivity index (χ1) is 11.2. The number of nitrogens with one attached hydrogen (secondary N) is 1. The van der Waals surface area contributed by atoms with Gasteiger partial charge in [0.05, 0.1) is 19.3 Å². The molecule has 1 fully saturated rings. The topological polar surface area (TPSA) is 43.5 Å². The van der Waals surface area contributed by atoms with Crippen molar-refractivity contribution in [1.82, 2.24) is 4.98 Å². The van der Waals surface area contributed by atoms with Crippen LogP contribution in [0.15, 0.2) is 30.5 Å². The van der Waals surface area contributed by atoms with E-state index in [2.05, 4.69) is 29.4 Å². The molecule has 1 aliphatic carbocycles. The SMILES string of the molecule is CC(C)Oc1ccc2[nH]cc(C3=CCC4(CC3)OCCO4)c2c1. The van der Waals surface area contributed by atoms with Crippen LogP contribution in [0, 0.1) is 0 Å². The fraction of sp³-hybridized carbons (Fsp3) is 0.474. The van der Waals surface area contributed by atoms with Crippen molar-refractivity contribution in [1.29, 1.82) is 0 Å². The van der Waals surface area contributed by atoms with Gasteiger partial charge < -0.3 is 19.2 Å². The van der Waals surface area contributed by atoms with Gasteiger partial charge in [-0.05, 0) is 44.0 Å². The van der Waals surface area contributed by atoms with Gasteiger partial charge in [-0.2, -0.15) is 0 Å². The number of allylic oxidation sites excluding steroid dienone is 1. The summed E-state index contributed by atoms with van der Waals surface area (Å²) < 4.78 is 17.4. The van der Waals surface area contributed by atoms with Gasteiger partial charge >= 0.3 is 0 Å². The monoisotopic (exact) mass is 313 g/mol. The molecule has 0 amide bonds. The highest BCUT2D eigenvalue weighted by molar-refractivity contribution is 5.93. The third kappa shape index (κ3) is 2.77. The van der Waals surface area contributed by atoms with Crippen LogP contribution in [0.4, 0.5) is 0 Å². The summed E-state index contributed by atoms with van der Waals surface area (Å²) in [5.74, 6) is 0.560. The molecule has 1 spiro atoms. The number of benzene rings is 1. The number of hydrogen-bond acceptors (Lipinski definition) is 3. The molecule has 4 nitrogen and oxygen atoms in total. The lowest BCUT2D eigenvalue weighted by atomic mass is 9.89. The first-order valence-electron chi connectivity index (χ1n) is 8.40. The van der Waals surface area contributed by atoms with Crippen molar-refractivity contribution in [3.63, 3.8) is 0 Å². The van der Waals surface area contributed by atoms with Crippen LogP contribution in [0.25, 0.3) is 16.5 Å². The molecular formula is C19H23NO3. The average Bonchev–Trinajstić information content (AvgIpc) is 3.15. The van der Waals surface area contributed by atoms with Crippen LogP contribution < -0.4 is 4.74 Å². The molecule has 2 heterocycles. The Labute approximate surface area is 136 Å². The van der Waals surface area contributed by atoms with Crippen LogP contribution in [0.3, 0.4) is 0 Å². The minimum atomic E-state index is -0.360. The summed E-state index contributed by atoms with van der Waals surface area (Å²) in [6, 6.07) is 6.24. The van der Waals surface area contributed by atoms with Crippen molar-refractivity contribution in [3.05, 3.63) is 36.0 Å². The van der Waals surface area contributed by atoms with Crippen molar-refractivity contribution >= 4 is 16.5 Å². The molecule has 0 radical (unpaired) electrons. The Morgan fingerprint density at radius 3 is 2.74 bits per heavy atom. The van der Waals surface area contributed by atoms with E-state index in [1.807, 2.05) is 19.9 Å². The van der Waals surface area contributed by atoms with Gasteiger partial charge in [-0.3, -0.25) is 0 Å². The quantitative estimate of drug-likeness (QED) is 0.920. The van der Waals surface area contributed by atoms with Crippen molar-refractivity contribution < 1.29 is 14.2 Å². The third-order valence-corrected chi connectivity index (χ3v) is 4.62. The fourth-order valence-corrected chi connectivity index (χ4v) is 3.52. The number of hydrogen-bond donors (Lipinski definition) is 1. The van der Waals surface area contributed by atoms with E-state index in [1.54, 1.807) is 0 Å². The number of ether oxygens (including phenoxy) is 3. The maximum Gasteiger partial charge on any atom is 0.172 e. The summed E-state index contributed by atoms with van der Waals surface area (Å²) in [6.07, 6.45) is 7.28. The van der Waals surface area contributed by atoms with E-state index in [1.165, 1.54) is 16.5 Å². The van der Waals surface area contributed by atoms with Gasteiger partial charge in [-0.25, -0.2) is 0 Å². The Hall–Kier alpha value is -1.78. The predicted octanol–water partition coefficient (Wildman–Crippen LogP) is 4.27. The zero-order valence-electron chi connectivity index (χ0n) is 13.7. The summed E-state index contributed by atoms with van der Waals surface area (Å²) in [4.78, 5) is 3.37. The highest BCUT2D eigenvalue weighted by Crippen LogP contribution is 2.40. The van der Waals surface area contributed by atoms with E-state index in [0.717, 1.165) is 30.5 Å². The zero-order chi connectivity index (χ0) is 15.9. The van der Waals surface area contributed by atoms with Gasteiger partial charge in [0.1, 0.15) is 5.75 Å². The van der Waals surface area contributed by atoms with E-state index in [9.17, 15) is 0 Å². The Kier molecular flexibility index (Phi) is 3.66. The van der Waals surface area contributed by atoms with E-state index in [-0.39, 0.29) is 11.9 Å². The van der Waals surface area contributed by atoms with Crippen LogP contribution in [0.2, 0.25) is 0 Å². The molecule has 2 aromatic rings. The number of fused-ring (bicyclic) bond motifs is 1. The van der Waals surface area contributed by atoms with Gasteiger partial charge in [0.25, 0.3) is 0 Å². The maximum atomic E-state index is 5.84. The Bertz CT molecular complexity index is 738. The minimum Gasteiger partial charge on any atom is -0.491 e. The molecule has 1 N–H and O–H groups in total. The normalized spacial score (nSPS) is 20.4. The summed E-state index contributed by atoms with van der Waals surface area (Å²) in [5.41, 5.74) is 3.77. The lowest BCUT2D eigenvalue weighted by molar-refractivity contribution is -0.159. The molecule has 4 rings (SSSR count). The number of aromatic nitrogens is 1. The fourth-order valence-electron chi connectivity index (χ4n) is 3.52. The van der Waals surface area contributed by atoms with E-state index in [4.69, 9.17) is 14.2 Å². The average molecular weight is 313 g/mol. The standard InChI is InChI=1S/C19H23NO3/c1-13(2)23-15-3-4-18-16(11-15)17(12-20-18)14-5-7-19(8-6-14)21-9-10-22-19/h3-5,11-13,20H,6-10H2,1-2H3. The highest BCUT2D eigenvalue weighted by Gasteiger charge is 2.37. The van der Waals surface area contributed by atoms with Crippen molar-refractivity contribution in [2.24, 2.45) is 0 Å².